The van der Waals surface area contributed by atoms with Gasteiger partial charge in [-0.15, -0.1) is 0 Å². The topological polar surface area (TPSA) is 43.5 Å². The molecule has 4 nitrogen and oxygen atoms in total. The average Bonchev–Trinajstić information content (AvgIpc) is 3.00. The zero-order valence-corrected chi connectivity index (χ0v) is 13.8. The molecule has 0 aliphatic heterocycles. The highest BCUT2D eigenvalue weighted by atomic mass is 19.4. The van der Waals surface area contributed by atoms with Crippen molar-refractivity contribution in [1.29, 1.82) is 0 Å². The standard InChI is InChI=1S/C18H16F3NO3/c1-23-13-8-10(9-14(24-2)16(13)25-3)15-11-6-4-5-7-12(11)22-17(15)18(19,20)21/h4-9,22H,1-3H3. The number of H-pyrrole nitrogens is 1. The van der Waals surface area contributed by atoms with Crippen molar-refractivity contribution >= 4 is 10.9 Å². The summed E-state index contributed by atoms with van der Waals surface area (Å²) in [7, 11) is 4.27. The second-order valence-electron chi connectivity index (χ2n) is 5.33. The zero-order valence-electron chi connectivity index (χ0n) is 13.8. The van der Waals surface area contributed by atoms with Gasteiger partial charge in [-0.25, -0.2) is 0 Å². The van der Waals surface area contributed by atoms with E-state index in [-0.39, 0.29) is 17.1 Å². The first-order valence-electron chi connectivity index (χ1n) is 7.39. The van der Waals surface area contributed by atoms with E-state index in [1.54, 1.807) is 24.3 Å². The lowest BCUT2D eigenvalue weighted by atomic mass is 10.0. The summed E-state index contributed by atoms with van der Waals surface area (Å²) in [5.41, 5.74) is -0.0526. The summed E-state index contributed by atoms with van der Waals surface area (Å²) in [4.78, 5) is 2.47. The van der Waals surface area contributed by atoms with Crippen molar-refractivity contribution < 1.29 is 27.4 Å². The third kappa shape index (κ3) is 2.86. The van der Waals surface area contributed by atoms with Gasteiger partial charge in [-0.05, 0) is 23.8 Å². The molecular formula is C18H16F3NO3. The first-order valence-corrected chi connectivity index (χ1v) is 7.39. The molecule has 0 unspecified atom stereocenters. The number of hydrogen-bond acceptors (Lipinski definition) is 3. The molecule has 0 radical (unpaired) electrons. The summed E-state index contributed by atoms with van der Waals surface area (Å²) in [6, 6.07) is 9.62. The molecule has 0 aliphatic carbocycles. The zero-order chi connectivity index (χ0) is 18.2. The predicted octanol–water partition coefficient (Wildman–Crippen LogP) is 4.88. The number of alkyl halides is 3. The van der Waals surface area contributed by atoms with Crippen LogP contribution < -0.4 is 14.2 Å². The average molecular weight is 351 g/mol. The fourth-order valence-corrected chi connectivity index (χ4v) is 2.88. The third-order valence-corrected chi connectivity index (χ3v) is 3.94. The van der Waals surface area contributed by atoms with E-state index >= 15 is 0 Å². The van der Waals surface area contributed by atoms with Crippen LogP contribution in [0.15, 0.2) is 36.4 Å². The lowest BCUT2D eigenvalue weighted by molar-refractivity contribution is -0.140. The Labute approximate surface area is 142 Å². The van der Waals surface area contributed by atoms with Gasteiger partial charge in [0.25, 0.3) is 0 Å². The van der Waals surface area contributed by atoms with Gasteiger partial charge in [-0.1, -0.05) is 18.2 Å². The first-order chi connectivity index (χ1) is 11.9. The Morgan fingerprint density at radius 2 is 1.48 bits per heavy atom. The summed E-state index contributed by atoms with van der Waals surface area (Å²) < 4.78 is 56.4. The van der Waals surface area contributed by atoms with Crippen molar-refractivity contribution in [2.24, 2.45) is 0 Å². The van der Waals surface area contributed by atoms with Gasteiger partial charge in [-0.2, -0.15) is 13.2 Å². The summed E-state index contributed by atoms with van der Waals surface area (Å²) in [5, 5.41) is 0.462. The third-order valence-electron chi connectivity index (χ3n) is 3.94. The van der Waals surface area contributed by atoms with Gasteiger partial charge >= 0.3 is 6.18 Å². The van der Waals surface area contributed by atoms with Gasteiger partial charge in [0.2, 0.25) is 5.75 Å². The number of rotatable bonds is 4. The number of nitrogens with one attached hydrogen (secondary N) is 1. The second kappa shape index (κ2) is 6.23. The van der Waals surface area contributed by atoms with E-state index in [1.165, 1.54) is 33.5 Å². The molecule has 7 heteroatoms. The van der Waals surface area contributed by atoms with Crippen LogP contribution in [-0.2, 0) is 6.18 Å². The maximum atomic E-state index is 13.6. The summed E-state index contributed by atoms with van der Waals surface area (Å²) >= 11 is 0. The normalized spacial score (nSPS) is 11.6. The molecular weight excluding hydrogens is 335 g/mol. The fourth-order valence-electron chi connectivity index (χ4n) is 2.88. The number of aromatic nitrogens is 1. The van der Waals surface area contributed by atoms with E-state index in [4.69, 9.17) is 14.2 Å². The van der Waals surface area contributed by atoms with Crippen LogP contribution in [0.4, 0.5) is 13.2 Å². The van der Waals surface area contributed by atoms with Crippen LogP contribution in [-0.4, -0.2) is 26.3 Å². The van der Waals surface area contributed by atoms with E-state index in [9.17, 15) is 13.2 Å². The summed E-state index contributed by atoms with van der Waals surface area (Å²) in [5.74, 6) is 0.896. The summed E-state index contributed by atoms with van der Waals surface area (Å²) in [6.45, 7) is 0. The smallest absolute Gasteiger partial charge is 0.431 e. The number of para-hydroxylation sites is 1. The van der Waals surface area contributed by atoms with Gasteiger partial charge < -0.3 is 19.2 Å². The molecule has 132 valence electrons. The van der Waals surface area contributed by atoms with Crippen LogP contribution in [0, 0.1) is 0 Å². The summed E-state index contributed by atoms with van der Waals surface area (Å²) in [6.07, 6.45) is -4.53. The molecule has 0 atom stereocenters. The molecule has 0 saturated heterocycles. The molecule has 0 bridgehead atoms. The van der Waals surface area contributed by atoms with E-state index in [1.807, 2.05) is 0 Å². The number of aromatic amines is 1. The molecule has 3 rings (SSSR count). The molecule has 1 aromatic heterocycles. The van der Waals surface area contributed by atoms with Crippen molar-refractivity contribution in [3.8, 4) is 28.4 Å². The Morgan fingerprint density at radius 1 is 0.880 bits per heavy atom. The minimum atomic E-state index is -4.53. The maximum Gasteiger partial charge on any atom is 0.431 e. The first kappa shape index (κ1) is 17.0. The Balaban J connectivity index is 2.36. The maximum absolute atomic E-state index is 13.6. The van der Waals surface area contributed by atoms with Gasteiger partial charge in [0.05, 0.1) is 21.3 Å². The van der Waals surface area contributed by atoms with Crippen molar-refractivity contribution in [3.63, 3.8) is 0 Å². The van der Waals surface area contributed by atoms with E-state index in [0.29, 0.717) is 22.2 Å². The highest BCUT2D eigenvalue weighted by Crippen LogP contribution is 2.46. The highest BCUT2D eigenvalue weighted by Gasteiger charge is 2.37. The molecule has 25 heavy (non-hydrogen) atoms. The minimum absolute atomic E-state index is 0.0438. The molecule has 0 spiro atoms. The quantitative estimate of drug-likeness (QED) is 0.729. The lowest BCUT2D eigenvalue weighted by Crippen LogP contribution is -2.07. The van der Waals surface area contributed by atoms with Crippen molar-refractivity contribution in [2.45, 2.75) is 6.18 Å². The highest BCUT2D eigenvalue weighted by molar-refractivity contribution is 5.98. The van der Waals surface area contributed by atoms with Crippen LogP contribution in [0.5, 0.6) is 17.2 Å². The second-order valence-corrected chi connectivity index (χ2v) is 5.33. The monoisotopic (exact) mass is 351 g/mol. The Bertz CT molecular complexity index is 891. The lowest BCUT2D eigenvalue weighted by Gasteiger charge is -2.15. The van der Waals surface area contributed by atoms with Crippen molar-refractivity contribution in [1.82, 2.24) is 4.98 Å². The predicted molar refractivity (Wildman–Crippen MR) is 88.4 cm³/mol. The molecule has 0 fully saturated rings. The van der Waals surface area contributed by atoms with Gasteiger partial charge in [0, 0.05) is 16.5 Å². The number of ether oxygens (including phenoxy) is 3. The Morgan fingerprint density at radius 3 is 2.00 bits per heavy atom. The minimum Gasteiger partial charge on any atom is -0.493 e. The van der Waals surface area contributed by atoms with E-state index in [2.05, 4.69) is 4.98 Å². The number of hydrogen-bond donors (Lipinski definition) is 1. The molecule has 3 aromatic rings. The van der Waals surface area contributed by atoms with Crippen LogP contribution in [0.3, 0.4) is 0 Å². The van der Waals surface area contributed by atoms with Crippen LogP contribution in [0.2, 0.25) is 0 Å². The molecule has 1 heterocycles. The van der Waals surface area contributed by atoms with E-state index in [0.717, 1.165) is 0 Å². The Hall–Kier alpha value is -2.83. The fraction of sp³-hybridized carbons (Fsp3) is 0.222. The van der Waals surface area contributed by atoms with Crippen LogP contribution >= 0.6 is 0 Å². The molecule has 0 saturated carbocycles. The van der Waals surface area contributed by atoms with E-state index < -0.39 is 11.9 Å². The number of methoxy groups -OCH3 is 3. The molecule has 1 N–H and O–H groups in total. The Kier molecular flexibility index (Phi) is 4.24. The van der Waals surface area contributed by atoms with Crippen molar-refractivity contribution in [2.75, 3.05) is 21.3 Å². The van der Waals surface area contributed by atoms with Crippen LogP contribution in [0.25, 0.3) is 22.0 Å². The van der Waals surface area contributed by atoms with Crippen molar-refractivity contribution in [3.05, 3.63) is 42.1 Å². The van der Waals surface area contributed by atoms with Gasteiger partial charge in [0.1, 0.15) is 5.69 Å². The molecule has 0 amide bonds. The van der Waals surface area contributed by atoms with Gasteiger partial charge in [0.15, 0.2) is 11.5 Å². The number of fused-ring (bicyclic) bond motifs is 1. The van der Waals surface area contributed by atoms with Crippen LogP contribution in [0.1, 0.15) is 5.69 Å². The SMILES string of the molecule is COc1cc(-c2c(C(F)(F)F)[nH]c3ccccc23)cc(OC)c1OC. The molecule has 0 aliphatic rings. The largest absolute Gasteiger partial charge is 0.493 e. The number of halogens is 3. The van der Waals surface area contributed by atoms with Gasteiger partial charge in [-0.3, -0.25) is 0 Å². The number of benzene rings is 2. The molecule has 2 aromatic carbocycles.